The van der Waals surface area contributed by atoms with Crippen molar-refractivity contribution in [2.24, 2.45) is 0 Å². The highest BCUT2D eigenvalue weighted by Gasteiger charge is 2.18. The number of benzene rings is 2. The van der Waals surface area contributed by atoms with Gasteiger partial charge in [-0.2, -0.15) is 5.26 Å². The molecule has 0 aromatic heterocycles. The average Bonchev–Trinajstić information content (AvgIpc) is 2.43. The van der Waals surface area contributed by atoms with Crippen LogP contribution in [0.2, 0.25) is 5.02 Å². The highest BCUT2D eigenvalue weighted by Crippen LogP contribution is 2.33. The third kappa shape index (κ3) is 3.53. The van der Waals surface area contributed by atoms with Crippen molar-refractivity contribution >= 4 is 43.2 Å². The SMILES string of the molecule is N#Cc1cccc(S(=O)(=O)Nc2c(Cl)cc(F)cc2Br)c1. The topological polar surface area (TPSA) is 70.0 Å². The zero-order valence-electron chi connectivity index (χ0n) is 10.3. The van der Waals surface area contributed by atoms with Crippen molar-refractivity contribution < 1.29 is 12.8 Å². The molecule has 0 heterocycles. The van der Waals surface area contributed by atoms with Gasteiger partial charge in [-0.1, -0.05) is 17.7 Å². The van der Waals surface area contributed by atoms with E-state index < -0.39 is 15.8 Å². The fourth-order valence-electron chi connectivity index (χ4n) is 1.57. The van der Waals surface area contributed by atoms with Crippen LogP contribution in [-0.2, 0) is 10.0 Å². The molecule has 2 aromatic rings. The largest absolute Gasteiger partial charge is 0.277 e. The van der Waals surface area contributed by atoms with E-state index in [2.05, 4.69) is 20.7 Å². The normalized spacial score (nSPS) is 11.0. The Kier molecular flexibility index (Phi) is 4.52. The van der Waals surface area contributed by atoms with Gasteiger partial charge in [0.25, 0.3) is 10.0 Å². The Morgan fingerprint density at radius 2 is 2.00 bits per heavy atom. The average molecular weight is 390 g/mol. The van der Waals surface area contributed by atoms with Crippen molar-refractivity contribution in [1.29, 1.82) is 5.26 Å². The molecule has 21 heavy (non-hydrogen) atoms. The summed E-state index contributed by atoms with van der Waals surface area (Å²) in [7, 11) is -3.94. The van der Waals surface area contributed by atoms with E-state index in [4.69, 9.17) is 16.9 Å². The molecule has 2 rings (SSSR count). The summed E-state index contributed by atoms with van der Waals surface area (Å²) < 4.78 is 40.1. The Bertz CT molecular complexity index is 826. The van der Waals surface area contributed by atoms with Gasteiger partial charge in [0.2, 0.25) is 0 Å². The van der Waals surface area contributed by atoms with Crippen LogP contribution in [0.5, 0.6) is 0 Å². The van der Waals surface area contributed by atoms with Gasteiger partial charge < -0.3 is 0 Å². The maximum Gasteiger partial charge on any atom is 0.262 e. The summed E-state index contributed by atoms with van der Waals surface area (Å²) in [5.41, 5.74) is 0.238. The smallest absolute Gasteiger partial charge is 0.262 e. The second-order valence-electron chi connectivity index (χ2n) is 3.99. The first kappa shape index (κ1) is 15.8. The first-order chi connectivity index (χ1) is 9.83. The molecule has 0 fully saturated rings. The van der Waals surface area contributed by atoms with Gasteiger partial charge in [0, 0.05) is 4.47 Å². The molecule has 0 spiro atoms. The van der Waals surface area contributed by atoms with Crippen molar-refractivity contribution in [3.05, 3.63) is 57.3 Å². The van der Waals surface area contributed by atoms with E-state index in [1.165, 1.54) is 24.3 Å². The molecule has 108 valence electrons. The summed E-state index contributed by atoms with van der Waals surface area (Å²) in [5, 5.41) is 8.72. The molecular formula is C13H7BrClFN2O2S. The Morgan fingerprint density at radius 3 is 2.62 bits per heavy atom. The predicted molar refractivity (Wildman–Crippen MR) is 81.1 cm³/mol. The van der Waals surface area contributed by atoms with Crippen LogP contribution in [0.25, 0.3) is 0 Å². The van der Waals surface area contributed by atoms with Gasteiger partial charge in [-0.05, 0) is 46.3 Å². The van der Waals surface area contributed by atoms with E-state index in [1.54, 1.807) is 0 Å². The molecule has 0 unspecified atom stereocenters. The summed E-state index contributed by atoms with van der Waals surface area (Å²) in [6, 6.07) is 9.46. The van der Waals surface area contributed by atoms with Crippen molar-refractivity contribution in [2.45, 2.75) is 4.90 Å². The van der Waals surface area contributed by atoms with Gasteiger partial charge >= 0.3 is 0 Å². The number of nitriles is 1. The number of rotatable bonds is 3. The molecule has 0 saturated carbocycles. The first-order valence-corrected chi connectivity index (χ1v) is 8.16. The standard InChI is InChI=1S/C13H7BrClFN2O2S/c14-11-5-9(16)6-12(15)13(11)18-21(19,20)10-3-1-2-8(4-10)7-17/h1-6,18H. The summed E-state index contributed by atoms with van der Waals surface area (Å²) in [6.45, 7) is 0. The molecule has 4 nitrogen and oxygen atoms in total. The number of sulfonamides is 1. The van der Waals surface area contributed by atoms with E-state index in [9.17, 15) is 12.8 Å². The van der Waals surface area contributed by atoms with Crippen LogP contribution in [-0.4, -0.2) is 8.42 Å². The fraction of sp³-hybridized carbons (Fsp3) is 0. The van der Waals surface area contributed by atoms with Gasteiger partial charge in [0.15, 0.2) is 0 Å². The molecular weight excluding hydrogens is 383 g/mol. The lowest BCUT2D eigenvalue weighted by Crippen LogP contribution is -2.14. The molecule has 1 N–H and O–H groups in total. The third-order valence-corrected chi connectivity index (χ3v) is 4.79. The van der Waals surface area contributed by atoms with Crippen LogP contribution in [0.15, 0.2) is 45.8 Å². The van der Waals surface area contributed by atoms with E-state index in [0.29, 0.717) is 0 Å². The van der Waals surface area contributed by atoms with Gasteiger partial charge in [-0.25, -0.2) is 12.8 Å². The van der Waals surface area contributed by atoms with Crippen LogP contribution in [0.1, 0.15) is 5.56 Å². The van der Waals surface area contributed by atoms with Crippen LogP contribution >= 0.6 is 27.5 Å². The van der Waals surface area contributed by atoms with Gasteiger partial charge in [-0.15, -0.1) is 0 Å². The number of hydrogen-bond donors (Lipinski definition) is 1. The van der Waals surface area contributed by atoms with Crippen LogP contribution in [0, 0.1) is 17.1 Å². The Hall–Kier alpha value is -1.62. The predicted octanol–water partition coefficient (Wildman–Crippen LogP) is 3.91. The molecule has 0 amide bonds. The lowest BCUT2D eigenvalue weighted by Gasteiger charge is -2.11. The molecule has 0 bridgehead atoms. The highest BCUT2D eigenvalue weighted by atomic mass is 79.9. The van der Waals surface area contributed by atoms with Gasteiger partial charge in [0.1, 0.15) is 5.82 Å². The number of anilines is 1. The van der Waals surface area contributed by atoms with Gasteiger partial charge in [-0.3, -0.25) is 4.72 Å². The Morgan fingerprint density at radius 1 is 1.29 bits per heavy atom. The fourth-order valence-corrected chi connectivity index (χ4v) is 3.80. The lowest BCUT2D eigenvalue weighted by atomic mass is 10.2. The molecule has 0 aliphatic rings. The second-order valence-corrected chi connectivity index (χ2v) is 6.93. The van der Waals surface area contributed by atoms with Crippen molar-refractivity contribution in [1.82, 2.24) is 0 Å². The zero-order chi connectivity index (χ0) is 15.6. The van der Waals surface area contributed by atoms with Crippen molar-refractivity contribution in [3.63, 3.8) is 0 Å². The van der Waals surface area contributed by atoms with Crippen molar-refractivity contribution in [2.75, 3.05) is 4.72 Å². The summed E-state index contributed by atoms with van der Waals surface area (Å²) in [5.74, 6) is -0.596. The Labute approximate surface area is 134 Å². The minimum atomic E-state index is -3.94. The van der Waals surface area contributed by atoms with E-state index in [-0.39, 0.29) is 25.6 Å². The quantitative estimate of drug-likeness (QED) is 0.865. The maximum atomic E-state index is 13.1. The Balaban J connectivity index is 2.45. The first-order valence-electron chi connectivity index (χ1n) is 5.51. The molecule has 0 aliphatic heterocycles. The molecule has 0 aliphatic carbocycles. The third-order valence-electron chi connectivity index (χ3n) is 2.52. The monoisotopic (exact) mass is 388 g/mol. The highest BCUT2D eigenvalue weighted by molar-refractivity contribution is 9.10. The molecule has 8 heteroatoms. The zero-order valence-corrected chi connectivity index (χ0v) is 13.4. The minimum absolute atomic E-state index is 0.0282. The van der Waals surface area contributed by atoms with Crippen LogP contribution < -0.4 is 4.72 Å². The number of hydrogen-bond acceptors (Lipinski definition) is 3. The van der Waals surface area contributed by atoms with E-state index >= 15 is 0 Å². The number of halogens is 3. The van der Waals surface area contributed by atoms with Gasteiger partial charge in [0.05, 0.1) is 27.2 Å². The summed E-state index contributed by atoms with van der Waals surface area (Å²) in [4.78, 5) is -0.0890. The number of nitrogens with zero attached hydrogens (tertiary/aromatic N) is 1. The van der Waals surface area contributed by atoms with E-state index in [0.717, 1.165) is 12.1 Å². The van der Waals surface area contributed by atoms with Crippen LogP contribution in [0.3, 0.4) is 0 Å². The molecule has 0 saturated heterocycles. The molecule has 0 atom stereocenters. The number of nitrogens with one attached hydrogen (secondary N) is 1. The molecule has 0 radical (unpaired) electrons. The van der Waals surface area contributed by atoms with Crippen molar-refractivity contribution in [3.8, 4) is 6.07 Å². The summed E-state index contributed by atoms with van der Waals surface area (Å²) >= 11 is 8.89. The lowest BCUT2D eigenvalue weighted by molar-refractivity contribution is 0.601. The summed E-state index contributed by atoms with van der Waals surface area (Å²) in [6.07, 6.45) is 0. The molecule has 2 aromatic carbocycles. The second kappa shape index (κ2) is 6.02. The van der Waals surface area contributed by atoms with E-state index in [1.807, 2.05) is 6.07 Å². The minimum Gasteiger partial charge on any atom is -0.277 e. The van der Waals surface area contributed by atoms with Crippen LogP contribution in [0.4, 0.5) is 10.1 Å². The maximum absolute atomic E-state index is 13.1.